The Morgan fingerprint density at radius 2 is 1.84 bits per heavy atom. The molecule has 2 aliphatic heterocycles. The van der Waals surface area contributed by atoms with Crippen LogP contribution in [0.1, 0.15) is 34.7 Å². The lowest BCUT2D eigenvalue weighted by atomic mass is 9.93. The smallest absolute Gasteiger partial charge is 0.338 e. The van der Waals surface area contributed by atoms with E-state index in [0.717, 1.165) is 5.56 Å². The zero-order chi connectivity index (χ0) is 25.8. The predicted molar refractivity (Wildman–Crippen MR) is 130 cm³/mol. The molecule has 3 aromatic carbocycles. The molecule has 8 nitrogen and oxygen atoms in total. The van der Waals surface area contributed by atoms with Gasteiger partial charge in [-0.05, 0) is 65.9 Å². The van der Waals surface area contributed by atoms with Gasteiger partial charge >= 0.3 is 12.0 Å². The van der Waals surface area contributed by atoms with E-state index in [1.54, 1.807) is 24.3 Å². The van der Waals surface area contributed by atoms with Crippen LogP contribution in [0.15, 0.2) is 78.0 Å². The van der Waals surface area contributed by atoms with Crippen molar-refractivity contribution in [3.05, 3.63) is 106 Å². The zero-order valence-corrected chi connectivity index (χ0v) is 19.6. The summed E-state index contributed by atoms with van der Waals surface area (Å²) in [4.78, 5) is 26.0. The van der Waals surface area contributed by atoms with Gasteiger partial charge < -0.3 is 24.8 Å². The van der Waals surface area contributed by atoms with Crippen LogP contribution in [0, 0.1) is 17.1 Å². The van der Waals surface area contributed by atoms with Crippen molar-refractivity contribution in [3.8, 4) is 17.6 Å². The molecule has 0 spiro atoms. The second-order valence-corrected chi connectivity index (χ2v) is 8.55. The summed E-state index contributed by atoms with van der Waals surface area (Å²) in [6.45, 7) is 0.107. The van der Waals surface area contributed by atoms with E-state index in [4.69, 9.17) is 19.5 Å². The van der Waals surface area contributed by atoms with Crippen LogP contribution in [-0.4, -0.2) is 18.8 Å². The topological polar surface area (TPSA) is 110 Å². The fourth-order valence-corrected chi connectivity index (χ4v) is 4.28. The molecule has 5 rings (SSSR count). The average Bonchev–Trinajstić information content (AvgIpc) is 3.39. The fourth-order valence-electron chi connectivity index (χ4n) is 4.28. The Kier molecular flexibility index (Phi) is 6.72. The number of carbonyl (C=O) groups excluding carboxylic acids is 2. The van der Waals surface area contributed by atoms with Crippen LogP contribution < -0.4 is 20.1 Å². The van der Waals surface area contributed by atoms with Gasteiger partial charge in [-0.1, -0.05) is 30.3 Å². The van der Waals surface area contributed by atoms with Gasteiger partial charge in [-0.3, -0.25) is 0 Å². The molecule has 37 heavy (non-hydrogen) atoms. The number of carbonyl (C=O) groups is 2. The minimum atomic E-state index is -0.834. The van der Waals surface area contributed by atoms with Crippen molar-refractivity contribution in [2.75, 3.05) is 6.79 Å². The summed E-state index contributed by atoms with van der Waals surface area (Å²) >= 11 is 0. The van der Waals surface area contributed by atoms with E-state index < -0.39 is 23.9 Å². The number of halogens is 1. The molecule has 0 aliphatic carbocycles. The fraction of sp³-hybridized carbons (Fsp3) is 0.179. The molecule has 1 atom stereocenters. The standard InChI is InChI=1S/C28H22FN3O5/c29-21-8-6-20(7-9-21)26-25(27(33)35-15-19-3-1-2-18(12-19)14-30)22(31-28(34)32-26)10-4-17-5-11-23-24(13-17)37-16-36-23/h1-3,5-9,11-13,26H,4,10,15-16H2,(H2,31,32,34). The molecule has 0 bridgehead atoms. The number of aryl methyl sites for hydroxylation is 1. The van der Waals surface area contributed by atoms with Gasteiger partial charge in [0.25, 0.3) is 0 Å². The van der Waals surface area contributed by atoms with E-state index in [9.17, 15) is 14.0 Å². The van der Waals surface area contributed by atoms with E-state index in [2.05, 4.69) is 16.7 Å². The normalized spacial score (nSPS) is 16.0. The number of esters is 1. The first-order valence-corrected chi connectivity index (χ1v) is 11.6. The highest BCUT2D eigenvalue weighted by Crippen LogP contribution is 2.34. The first-order chi connectivity index (χ1) is 18.0. The number of hydrogen-bond acceptors (Lipinski definition) is 6. The van der Waals surface area contributed by atoms with E-state index in [0.29, 0.717) is 46.7 Å². The van der Waals surface area contributed by atoms with Crippen LogP contribution >= 0.6 is 0 Å². The van der Waals surface area contributed by atoms with Crippen molar-refractivity contribution < 1.29 is 28.2 Å². The quantitative estimate of drug-likeness (QED) is 0.466. The molecule has 0 radical (unpaired) electrons. The lowest BCUT2D eigenvalue weighted by molar-refractivity contribution is -0.140. The Balaban J connectivity index is 1.44. The van der Waals surface area contributed by atoms with Gasteiger partial charge in [-0.2, -0.15) is 5.26 Å². The number of nitriles is 1. The number of hydrogen-bond donors (Lipinski definition) is 2. The Labute approximate surface area is 212 Å². The molecule has 9 heteroatoms. The number of urea groups is 1. The molecule has 2 amide bonds. The van der Waals surface area contributed by atoms with E-state index in [1.807, 2.05) is 18.2 Å². The summed E-state index contributed by atoms with van der Waals surface area (Å²) < 4.78 is 30.0. The van der Waals surface area contributed by atoms with Gasteiger partial charge in [0, 0.05) is 5.70 Å². The molecule has 0 fully saturated rings. The lowest BCUT2D eigenvalue weighted by Crippen LogP contribution is -2.46. The monoisotopic (exact) mass is 499 g/mol. The lowest BCUT2D eigenvalue weighted by Gasteiger charge is -2.29. The van der Waals surface area contributed by atoms with Crippen LogP contribution in [0.2, 0.25) is 0 Å². The zero-order valence-electron chi connectivity index (χ0n) is 19.6. The number of rotatable bonds is 7. The van der Waals surface area contributed by atoms with E-state index in [1.165, 1.54) is 24.3 Å². The Bertz CT molecular complexity index is 1430. The molecule has 2 aliphatic rings. The number of nitrogens with zero attached hydrogens (tertiary/aromatic N) is 1. The van der Waals surface area contributed by atoms with Crippen LogP contribution in [0.25, 0.3) is 0 Å². The largest absolute Gasteiger partial charge is 0.457 e. The average molecular weight is 499 g/mol. The first-order valence-electron chi connectivity index (χ1n) is 11.6. The minimum absolute atomic E-state index is 0.0582. The van der Waals surface area contributed by atoms with Gasteiger partial charge in [0.15, 0.2) is 11.5 Å². The van der Waals surface area contributed by atoms with Crippen molar-refractivity contribution in [2.24, 2.45) is 0 Å². The van der Waals surface area contributed by atoms with Gasteiger partial charge in [-0.15, -0.1) is 0 Å². The highest BCUT2D eigenvalue weighted by molar-refractivity contribution is 5.95. The maximum absolute atomic E-state index is 13.6. The third-order valence-corrected chi connectivity index (χ3v) is 6.10. The molecule has 2 heterocycles. The molecule has 3 aromatic rings. The van der Waals surface area contributed by atoms with E-state index >= 15 is 0 Å². The summed E-state index contributed by atoms with van der Waals surface area (Å²) in [7, 11) is 0. The summed E-state index contributed by atoms with van der Waals surface area (Å²) in [5.74, 6) is 0.242. The Morgan fingerprint density at radius 3 is 2.65 bits per heavy atom. The SMILES string of the molecule is N#Cc1cccc(COC(=O)C2=C(CCc3ccc4c(c3)OCO4)NC(=O)NC2c2ccc(F)cc2)c1. The second kappa shape index (κ2) is 10.4. The van der Waals surface area contributed by atoms with Gasteiger partial charge in [-0.25, -0.2) is 14.0 Å². The Hall–Kier alpha value is -4.84. The van der Waals surface area contributed by atoms with Gasteiger partial charge in [0.2, 0.25) is 6.79 Å². The van der Waals surface area contributed by atoms with Crippen molar-refractivity contribution in [1.29, 1.82) is 5.26 Å². The summed E-state index contributed by atoms with van der Waals surface area (Å²) in [6.07, 6.45) is 0.836. The number of amides is 2. The van der Waals surface area contributed by atoms with Crippen LogP contribution in [0.3, 0.4) is 0 Å². The summed E-state index contributed by atoms with van der Waals surface area (Å²) in [6, 6.07) is 18.7. The van der Waals surface area contributed by atoms with Crippen molar-refractivity contribution in [3.63, 3.8) is 0 Å². The van der Waals surface area contributed by atoms with Gasteiger partial charge in [0.05, 0.1) is 23.2 Å². The van der Waals surface area contributed by atoms with Crippen molar-refractivity contribution in [2.45, 2.75) is 25.5 Å². The molecular formula is C28H22FN3O5. The molecule has 0 saturated heterocycles. The van der Waals surface area contributed by atoms with Gasteiger partial charge in [0.1, 0.15) is 12.4 Å². The minimum Gasteiger partial charge on any atom is -0.457 e. The Morgan fingerprint density at radius 1 is 1.03 bits per heavy atom. The van der Waals surface area contributed by atoms with Crippen LogP contribution in [-0.2, 0) is 22.6 Å². The third-order valence-electron chi connectivity index (χ3n) is 6.10. The number of fused-ring (bicyclic) bond motifs is 1. The summed E-state index contributed by atoms with van der Waals surface area (Å²) in [5, 5.41) is 14.6. The van der Waals surface area contributed by atoms with Crippen molar-refractivity contribution >= 4 is 12.0 Å². The number of allylic oxidation sites excluding steroid dienone is 1. The van der Waals surface area contributed by atoms with Crippen LogP contribution in [0.4, 0.5) is 9.18 Å². The molecule has 0 saturated carbocycles. The number of nitrogens with one attached hydrogen (secondary N) is 2. The summed E-state index contributed by atoms with van der Waals surface area (Å²) in [5.41, 5.74) is 3.21. The number of ether oxygens (including phenoxy) is 3. The van der Waals surface area contributed by atoms with Crippen molar-refractivity contribution in [1.82, 2.24) is 10.6 Å². The molecule has 2 N–H and O–H groups in total. The molecule has 1 unspecified atom stereocenters. The molecular weight excluding hydrogens is 477 g/mol. The second-order valence-electron chi connectivity index (χ2n) is 8.55. The predicted octanol–water partition coefficient (Wildman–Crippen LogP) is 4.41. The van der Waals surface area contributed by atoms with Crippen LogP contribution in [0.5, 0.6) is 11.5 Å². The third kappa shape index (κ3) is 5.38. The van der Waals surface area contributed by atoms with E-state index in [-0.39, 0.29) is 19.0 Å². The highest BCUT2D eigenvalue weighted by atomic mass is 19.1. The molecule has 0 aromatic heterocycles. The molecule has 186 valence electrons. The highest BCUT2D eigenvalue weighted by Gasteiger charge is 2.33. The maximum Gasteiger partial charge on any atom is 0.338 e. The number of benzene rings is 3. The first kappa shape index (κ1) is 23.9. The maximum atomic E-state index is 13.6.